The number of carbonyl (C=O) groups is 1. The first kappa shape index (κ1) is 15.9. The van der Waals surface area contributed by atoms with Crippen molar-refractivity contribution in [2.75, 3.05) is 19.5 Å². The molecule has 0 atom stereocenters. The highest BCUT2D eigenvalue weighted by molar-refractivity contribution is 5.97. The van der Waals surface area contributed by atoms with Gasteiger partial charge in [0, 0.05) is 16.6 Å². The summed E-state index contributed by atoms with van der Waals surface area (Å²) in [6.45, 7) is 1.97. The fourth-order valence-corrected chi connectivity index (χ4v) is 2.82. The number of anilines is 1. The van der Waals surface area contributed by atoms with Gasteiger partial charge in [0.1, 0.15) is 11.5 Å². The number of nitrogens with one attached hydrogen (secondary N) is 2. The fraction of sp³-hybridized carbons (Fsp3) is 0.211. The van der Waals surface area contributed by atoms with Crippen LogP contribution in [0.1, 0.15) is 11.3 Å². The number of carbonyl (C=O) groups excluding carboxylic acids is 1. The first-order chi connectivity index (χ1) is 11.6. The highest BCUT2D eigenvalue weighted by Gasteiger charge is 2.14. The Hall–Kier alpha value is -2.95. The molecule has 1 heterocycles. The molecule has 0 fully saturated rings. The van der Waals surface area contributed by atoms with Crippen LogP contribution in [0.3, 0.4) is 0 Å². The first-order valence-corrected chi connectivity index (χ1v) is 7.70. The number of H-pyrrole nitrogens is 1. The third-order valence-corrected chi connectivity index (χ3v) is 4.05. The van der Waals surface area contributed by atoms with Crippen molar-refractivity contribution < 1.29 is 14.3 Å². The molecule has 0 saturated carbocycles. The van der Waals surface area contributed by atoms with Crippen molar-refractivity contribution >= 4 is 22.5 Å². The van der Waals surface area contributed by atoms with Crippen LogP contribution < -0.4 is 14.8 Å². The fourth-order valence-electron chi connectivity index (χ4n) is 2.82. The van der Waals surface area contributed by atoms with Crippen molar-refractivity contribution in [1.82, 2.24) is 4.98 Å². The average Bonchev–Trinajstić information content (AvgIpc) is 2.90. The normalized spacial score (nSPS) is 10.6. The minimum atomic E-state index is -0.0914. The van der Waals surface area contributed by atoms with Crippen LogP contribution >= 0.6 is 0 Å². The number of benzene rings is 2. The number of para-hydroxylation sites is 2. The zero-order valence-electron chi connectivity index (χ0n) is 14.0. The maximum atomic E-state index is 12.5. The van der Waals surface area contributed by atoms with E-state index in [0.29, 0.717) is 11.4 Å². The van der Waals surface area contributed by atoms with E-state index >= 15 is 0 Å². The Morgan fingerprint density at radius 2 is 1.92 bits per heavy atom. The van der Waals surface area contributed by atoms with Crippen molar-refractivity contribution in [3.8, 4) is 11.5 Å². The van der Waals surface area contributed by atoms with Gasteiger partial charge in [-0.15, -0.1) is 0 Å². The van der Waals surface area contributed by atoms with Gasteiger partial charge in [0.05, 0.1) is 26.3 Å². The summed E-state index contributed by atoms with van der Waals surface area (Å²) in [5, 5.41) is 3.91. The lowest BCUT2D eigenvalue weighted by atomic mass is 10.1. The van der Waals surface area contributed by atoms with Crippen LogP contribution in [0.5, 0.6) is 11.5 Å². The highest BCUT2D eigenvalue weighted by Crippen LogP contribution is 2.28. The molecule has 5 nitrogen and oxygen atoms in total. The molecule has 124 valence electrons. The van der Waals surface area contributed by atoms with Crippen LogP contribution in [0.2, 0.25) is 0 Å². The minimum absolute atomic E-state index is 0.0914. The largest absolute Gasteiger partial charge is 0.497 e. The number of methoxy groups -OCH3 is 2. The smallest absolute Gasteiger partial charge is 0.228 e. The zero-order chi connectivity index (χ0) is 17.1. The molecule has 3 rings (SSSR count). The number of aromatic amines is 1. The van der Waals surface area contributed by atoms with Gasteiger partial charge in [-0.1, -0.05) is 12.1 Å². The van der Waals surface area contributed by atoms with Gasteiger partial charge in [-0.05, 0) is 42.8 Å². The average molecular weight is 324 g/mol. The summed E-state index contributed by atoms with van der Waals surface area (Å²) < 4.78 is 10.6. The quantitative estimate of drug-likeness (QED) is 0.752. The predicted octanol–water partition coefficient (Wildman–Crippen LogP) is 3.67. The van der Waals surface area contributed by atoms with E-state index in [1.54, 1.807) is 14.2 Å². The van der Waals surface area contributed by atoms with Crippen LogP contribution in [0.15, 0.2) is 42.5 Å². The summed E-state index contributed by atoms with van der Waals surface area (Å²) in [4.78, 5) is 15.8. The molecule has 0 spiro atoms. The van der Waals surface area contributed by atoms with E-state index in [9.17, 15) is 4.79 Å². The van der Waals surface area contributed by atoms with Crippen LogP contribution in [0, 0.1) is 6.92 Å². The number of rotatable bonds is 5. The maximum Gasteiger partial charge on any atom is 0.228 e. The van der Waals surface area contributed by atoms with Crippen LogP contribution in [-0.2, 0) is 11.2 Å². The number of ether oxygens (including phenoxy) is 2. The lowest BCUT2D eigenvalue weighted by Crippen LogP contribution is -2.15. The molecule has 0 bridgehead atoms. The van der Waals surface area contributed by atoms with Gasteiger partial charge in [-0.3, -0.25) is 4.79 Å². The lowest BCUT2D eigenvalue weighted by Gasteiger charge is -2.10. The van der Waals surface area contributed by atoms with Gasteiger partial charge in [0.2, 0.25) is 5.91 Å². The number of hydrogen-bond acceptors (Lipinski definition) is 3. The van der Waals surface area contributed by atoms with Gasteiger partial charge in [0.15, 0.2) is 0 Å². The Morgan fingerprint density at radius 1 is 1.12 bits per heavy atom. The van der Waals surface area contributed by atoms with Gasteiger partial charge in [0.25, 0.3) is 0 Å². The Labute approximate surface area is 140 Å². The van der Waals surface area contributed by atoms with E-state index in [1.165, 1.54) is 0 Å². The van der Waals surface area contributed by atoms with E-state index < -0.39 is 0 Å². The molecule has 1 amide bonds. The summed E-state index contributed by atoms with van der Waals surface area (Å²) in [7, 11) is 3.22. The third kappa shape index (κ3) is 3.06. The van der Waals surface area contributed by atoms with Crippen molar-refractivity contribution in [2.45, 2.75) is 13.3 Å². The standard InChI is InChI=1S/C19H20N2O3/c1-12-14(15-10-13(23-2)8-9-16(15)20-12)11-19(22)21-17-6-4-5-7-18(17)24-3/h4-10,20H,11H2,1-3H3,(H,21,22). The maximum absolute atomic E-state index is 12.5. The molecular weight excluding hydrogens is 304 g/mol. The van der Waals surface area contributed by atoms with Crippen molar-refractivity contribution in [3.05, 3.63) is 53.7 Å². The van der Waals surface area contributed by atoms with E-state index in [2.05, 4.69) is 10.3 Å². The summed E-state index contributed by atoms with van der Waals surface area (Å²) in [5.41, 5.74) is 3.61. The predicted molar refractivity (Wildman–Crippen MR) is 94.9 cm³/mol. The molecule has 3 aromatic rings. The molecule has 0 saturated heterocycles. The third-order valence-electron chi connectivity index (χ3n) is 4.05. The number of aromatic nitrogens is 1. The molecule has 2 N–H and O–H groups in total. The summed E-state index contributed by atoms with van der Waals surface area (Å²) in [5.74, 6) is 1.32. The van der Waals surface area contributed by atoms with Gasteiger partial charge in [-0.2, -0.15) is 0 Å². The van der Waals surface area contributed by atoms with Crippen LogP contribution in [-0.4, -0.2) is 25.1 Å². The van der Waals surface area contributed by atoms with E-state index in [0.717, 1.165) is 27.9 Å². The minimum Gasteiger partial charge on any atom is -0.497 e. The molecule has 5 heteroatoms. The number of hydrogen-bond donors (Lipinski definition) is 2. The number of aryl methyl sites for hydroxylation is 1. The molecule has 0 unspecified atom stereocenters. The van der Waals surface area contributed by atoms with E-state index in [1.807, 2.05) is 49.4 Å². The Bertz CT molecular complexity index is 883. The van der Waals surface area contributed by atoms with Gasteiger partial charge in [-0.25, -0.2) is 0 Å². The first-order valence-electron chi connectivity index (χ1n) is 7.70. The Kier molecular flexibility index (Phi) is 4.42. The van der Waals surface area contributed by atoms with E-state index in [4.69, 9.17) is 9.47 Å². The van der Waals surface area contributed by atoms with Crippen molar-refractivity contribution in [1.29, 1.82) is 0 Å². The second-order valence-electron chi connectivity index (χ2n) is 5.57. The van der Waals surface area contributed by atoms with Crippen LogP contribution in [0.4, 0.5) is 5.69 Å². The molecule has 0 aliphatic heterocycles. The molecule has 1 aromatic heterocycles. The van der Waals surface area contributed by atoms with Gasteiger partial charge < -0.3 is 19.8 Å². The topological polar surface area (TPSA) is 63.4 Å². The molecule has 0 aliphatic carbocycles. The summed E-state index contributed by atoms with van der Waals surface area (Å²) >= 11 is 0. The second-order valence-corrected chi connectivity index (χ2v) is 5.57. The highest BCUT2D eigenvalue weighted by atomic mass is 16.5. The van der Waals surface area contributed by atoms with Crippen molar-refractivity contribution in [3.63, 3.8) is 0 Å². The molecule has 24 heavy (non-hydrogen) atoms. The van der Waals surface area contributed by atoms with Gasteiger partial charge >= 0.3 is 0 Å². The monoisotopic (exact) mass is 324 g/mol. The Morgan fingerprint density at radius 3 is 2.67 bits per heavy atom. The summed E-state index contributed by atoms with van der Waals surface area (Å²) in [6, 6.07) is 13.2. The zero-order valence-corrected chi connectivity index (χ0v) is 14.0. The molecule has 0 radical (unpaired) electrons. The van der Waals surface area contributed by atoms with E-state index in [-0.39, 0.29) is 12.3 Å². The molecule has 0 aliphatic rings. The summed E-state index contributed by atoms with van der Waals surface area (Å²) in [6.07, 6.45) is 0.275. The van der Waals surface area contributed by atoms with Crippen LogP contribution in [0.25, 0.3) is 10.9 Å². The number of fused-ring (bicyclic) bond motifs is 1. The SMILES string of the molecule is COc1ccc2[nH]c(C)c(CC(=O)Nc3ccccc3OC)c2c1. The Balaban J connectivity index is 1.86. The second kappa shape index (κ2) is 6.66. The molecule has 2 aromatic carbocycles. The molecular formula is C19H20N2O3. The lowest BCUT2D eigenvalue weighted by molar-refractivity contribution is -0.115. The van der Waals surface area contributed by atoms with Crippen molar-refractivity contribution in [2.24, 2.45) is 0 Å². The number of amides is 1.